The predicted octanol–water partition coefficient (Wildman–Crippen LogP) is 3.08. The van der Waals surface area contributed by atoms with E-state index in [1.165, 1.54) is 0 Å². The second kappa shape index (κ2) is 5.95. The number of carbonyl (C=O) groups is 2. The van der Waals surface area contributed by atoms with Gasteiger partial charge >= 0.3 is 5.97 Å². The first kappa shape index (κ1) is 15.0. The summed E-state index contributed by atoms with van der Waals surface area (Å²) >= 11 is 1.58. The van der Waals surface area contributed by atoms with Gasteiger partial charge in [-0.25, -0.2) is 4.79 Å². The summed E-state index contributed by atoms with van der Waals surface area (Å²) < 4.78 is 0. The molecule has 20 heavy (non-hydrogen) atoms. The topological polar surface area (TPSA) is 57.6 Å². The molecule has 110 valence electrons. The van der Waals surface area contributed by atoms with E-state index in [1.807, 2.05) is 19.9 Å². The van der Waals surface area contributed by atoms with Crippen LogP contribution in [-0.2, 0) is 4.79 Å². The summed E-state index contributed by atoms with van der Waals surface area (Å²) in [6.07, 6.45) is 2.44. The van der Waals surface area contributed by atoms with Crippen LogP contribution in [0.4, 0.5) is 0 Å². The Kier molecular flexibility index (Phi) is 4.48. The molecule has 0 bridgehead atoms. The van der Waals surface area contributed by atoms with Crippen LogP contribution in [0.25, 0.3) is 0 Å². The minimum atomic E-state index is -0.888. The summed E-state index contributed by atoms with van der Waals surface area (Å²) in [5.41, 5.74) is 0.661. The van der Waals surface area contributed by atoms with Crippen LogP contribution in [-0.4, -0.2) is 34.5 Å². The first-order valence-corrected chi connectivity index (χ1v) is 7.86. The number of amides is 1. The van der Waals surface area contributed by atoms with Crippen LogP contribution in [0.2, 0.25) is 0 Å². The minimum absolute atomic E-state index is 0.131. The molecule has 1 aromatic rings. The van der Waals surface area contributed by atoms with Crippen molar-refractivity contribution in [2.45, 2.75) is 46.1 Å². The minimum Gasteiger partial charge on any atom is -0.480 e. The van der Waals surface area contributed by atoms with Gasteiger partial charge in [-0.2, -0.15) is 0 Å². The number of aliphatic carboxylic acids is 1. The van der Waals surface area contributed by atoms with E-state index >= 15 is 0 Å². The molecule has 2 unspecified atom stereocenters. The van der Waals surface area contributed by atoms with Gasteiger partial charge in [-0.3, -0.25) is 4.79 Å². The number of aryl methyl sites for hydroxylation is 2. The third-order valence-electron chi connectivity index (χ3n) is 4.11. The number of hydrogen-bond acceptors (Lipinski definition) is 3. The maximum Gasteiger partial charge on any atom is 0.326 e. The van der Waals surface area contributed by atoms with Crippen LogP contribution in [0.3, 0.4) is 0 Å². The van der Waals surface area contributed by atoms with Crippen LogP contribution in [0, 0.1) is 19.8 Å². The number of rotatable bonds is 3. The number of piperidine rings is 1. The average molecular weight is 295 g/mol. The van der Waals surface area contributed by atoms with E-state index in [1.54, 1.807) is 16.2 Å². The number of carboxylic acid groups (broad SMARTS) is 1. The standard InChI is InChI=1S/C15H21NO3S/c1-4-11-5-6-16(13(8-11)15(18)19)14(17)12-7-9(2)20-10(12)3/h7,11,13H,4-6,8H2,1-3H3,(H,18,19). The zero-order chi connectivity index (χ0) is 14.9. The molecule has 1 amide bonds. The fourth-order valence-corrected chi connectivity index (χ4v) is 3.80. The van der Waals surface area contributed by atoms with E-state index in [0.717, 1.165) is 22.6 Å². The zero-order valence-corrected chi connectivity index (χ0v) is 13.0. The largest absolute Gasteiger partial charge is 0.480 e. The number of carbonyl (C=O) groups excluding carboxylic acids is 1. The molecule has 1 aliphatic heterocycles. The number of likely N-dealkylation sites (tertiary alicyclic amines) is 1. The lowest BCUT2D eigenvalue weighted by Gasteiger charge is -2.37. The highest BCUT2D eigenvalue weighted by Gasteiger charge is 2.36. The molecule has 4 nitrogen and oxygen atoms in total. The van der Waals surface area contributed by atoms with Gasteiger partial charge in [0.1, 0.15) is 6.04 Å². The van der Waals surface area contributed by atoms with Crippen molar-refractivity contribution in [2.75, 3.05) is 6.54 Å². The molecule has 2 rings (SSSR count). The Labute approximate surface area is 123 Å². The van der Waals surface area contributed by atoms with Gasteiger partial charge in [0, 0.05) is 16.3 Å². The number of hydrogen-bond donors (Lipinski definition) is 1. The maximum atomic E-state index is 12.6. The Morgan fingerprint density at radius 3 is 2.65 bits per heavy atom. The van der Waals surface area contributed by atoms with Crippen molar-refractivity contribution < 1.29 is 14.7 Å². The molecule has 1 fully saturated rings. The van der Waals surface area contributed by atoms with Gasteiger partial charge in [-0.1, -0.05) is 13.3 Å². The quantitative estimate of drug-likeness (QED) is 0.932. The highest BCUT2D eigenvalue weighted by Crippen LogP contribution is 2.29. The molecule has 2 atom stereocenters. The second-order valence-corrected chi connectivity index (χ2v) is 6.94. The summed E-state index contributed by atoms with van der Waals surface area (Å²) in [6.45, 7) is 6.50. The van der Waals surface area contributed by atoms with Crippen molar-refractivity contribution >= 4 is 23.2 Å². The van der Waals surface area contributed by atoms with Crippen LogP contribution in [0.5, 0.6) is 0 Å². The van der Waals surface area contributed by atoms with E-state index in [4.69, 9.17) is 0 Å². The molecule has 0 aliphatic carbocycles. The molecule has 1 aliphatic rings. The first-order chi connectivity index (χ1) is 9.43. The molecule has 5 heteroatoms. The van der Waals surface area contributed by atoms with Crippen molar-refractivity contribution in [3.63, 3.8) is 0 Å². The predicted molar refractivity (Wildman–Crippen MR) is 79.3 cm³/mol. The third-order valence-corrected chi connectivity index (χ3v) is 5.07. The Morgan fingerprint density at radius 2 is 2.15 bits per heavy atom. The molecule has 1 aromatic heterocycles. The van der Waals surface area contributed by atoms with Crippen LogP contribution in [0.15, 0.2) is 6.07 Å². The Morgan fingerprint density at radius 1 is 1.45 bits per heavy atom. The fourth-order valence-electron chi connectivity index (χ4n) is 2.88. The summed E-state index contributed by atoms with van der Waals surface area (Å²) in [4.78, 5) is 27.7. The Balaban J connectivity index is 2.23. The molecule has 0 saturated carbocycles. The SMILES string of the molecule is CCC1CCN(C(=O)c2cc(C)sc2C)C(C(=O)O)C1. The average Bonchev–Trinajstić information content (AvgIpc) is 2.76. The zero-order valence-electron chi connectivity index (χ0n) is 12.2. The van der Waals surface area contributed by atoms with Gasteiger partial charge in [-0.15, -0.1) is 11.3 Å². The summed E-state index contributed by atoms with van der Waals surface area (Å²) in [5, 5.41) is 9.40. The molecule has 1 saturated heterocycles. The Bertz CT molecular complexity index is 523. The summed E-state index contributed by atoms with van der Waals surface area (Å²) in [5.74, 6) is -0.611. The highest BCUT2D eigenvalue weighted by atomic mass is 32.1. The van der Waals surface area contributed by atoms with Gasteiger partial charge < -0.3 is 10.0 Å². The molecular formula is C15H21NO3S. The number of thiophene rings is 1. The van der Waals surface area contributed by atoms with Gasteiger partial charge in [-0.05, 0) is 38.7 Å². The van der Waals surface area contributed by atoms with Crippen molar-refractivity contribution in [3.8, 4) is 0 Å². The molecule has 1 N–H and O–H groups in total. The highest BCUT2D eigenvalue weighted by molar-refractivity contribution is 7.12. The van der Waals surface area contributed by atoms with E-state index < -0.39 is 12.0 Å². The third kappa shape index (κ3) is 2.87. The summed E-state index contributed by atoms with van der Waals surface area (Å²) in [7, 11) is 0. The van der Waals surface area contributed by atoms with E-state index in [0.29, 0.717) is 24.4 Å². The molecule has 0 spiro atoms. The van der Waals surface area contributed by atoms with Crippen molar-refractivity contribution in [1.29, 1.82) is 0 Å². The van der Waals surface area contributed by atoms with E-state index in [-0.39, 0.29) is 5.91 Å². The van der Waals surface area contributed by atoms with Gasteiger partial charge in [0.05, 0.1) is 5.56 Å². The van der Waals surface area contributed by atoms with Crippen molar-refractivity contribution in [3.05, 3.63) is 21.4 Å². The molecular weight excluding hydrogens is 274 g/mol. The fraction of sp³-hybridized carbons (Fsp3) is 0.600. The lowest BCUT2D eigenvalue weighted by atomic mass is 9.88. The van der Waals surface area contributed by atoms with Crippen LogP contribution >= 0.6 is 11.3 Å². The number of carboxylic acids is 1. The van der Waals surface area contributed by atoms with Crippen LogP contribution < -0.4 is 0 Å². The summed E-state index contributed by atoms with van der Waals surface area (Å²) in [6, 6.07) is 1.19. The molecule has 0 radical (unpaired) electrons. The number of nitrogens with zero attached hydrogens (tertiary/aromatic N) is 1. The maximum absolute atomic E-state index is 12.6. The van der Waals surface area contributed by atoms with E-state index in [9.17, 15) is 14.7 Å². The second-order valence-electron chi connectivity index (χ2n) is 5.48. The van der Waals surface area contributed by atoms with Gasteiger partial charge in [0.2, 0.25) is 0 Å². The normalized spacial score (nSPS) is 22.9. The van der Waals surface area contributed by atoms with Gasteiger partial charge in [0.25, 0.3) is 5.91 Å². The Hall–Kier alpha value is -1.36. The molecule has 2 heterocycles. The van der Waals surface area contributed by atoms with Crippen LogP contribution in [0.1, 0.15) is 46.3 Å². The monoisotopic (exact) mass is 295 g/mol. The van der Waals surface area contributed by atoms with Gasteiger partial charge in [0.15, 0.2) is 0 Å². The van der Waals surface area contributed by atoms with Crippen molar-refractivity contribution in [2.24, 2.45) is 5.92 Å². The smallest absolute Gasteiger partial charge is 0.326 e. The lowest BCUT2D eigenvalue weighted by molar-refractivity contribution is -0.144. The lowest BCUT2D eigenvalue weighted by Crippen LogP contribution is -2.50. The molecule has 0 aromatic carbocycles. The van der Waals surface area contributed by atoms with E-state index in [2.05, 4.69) is 6.92 Å². The van der Waals surface area contributed by atoms with Crippen molar-refractivity contribution in [1.82, 2.24) is 4.90 Å². The first-order valence-electron chi connectivity index (χ1n) is 7.04.